The number of carbonyl (C=O) groups is 2. The summed E-state index contributed by atoms with van der Waals surface area (Å²) in [5.41, 5.74) is 0. The van der Waals surface area contributed by atoms with Crippen molar-refractivity contribution < 1.29 is 45.4 Å². The largest absolute Gasteiger partial charge is 0.490 e. The van der Waals surface area contributed by atoms with Gasteiger partial charge in [-0.05, 0) is 0 Å². The molecule has 0 saturated carbocycles. The van der Waals surface area contributed by atoms with E-state index in [1.807, 2.05) is 0 Å². The third kappa shape index (κ3) is 3.43. The minimum absolute atomic E-state index is 0.105. The number of carbonyl (C=O) groups excluding carboxylic acids is 2. The number of ether oxygens (including phenoxy) is 2. The van der Waals surface area contributed by atoms with Crippen LogP contribution in [0.25, 0.3) is 0 Å². The Labute approximate surface area is 119 Å². The fourth-order valence-corrected chi connectivity index (χ4v) is 2.40. The highest BCUT2D eigenvalue weighted by Crippen LogP contribution is 2.34. The maximum absolute atomic E-state index is 12.2. The van der Waals surface area contributed by atoms with Gasteiger partial charge in [-0.15, -0.1) is 0 Å². The van der Waals surface area contributed by atoms with Gasteiger partial charge in [-0.1, -0.05) is 0 Å². The third-order valence-electron chi connectivity index (χ3n) is 3.35. The Balaban J connectivity index is 2.04. The zero-order valence-electron chi connectivity index (χ0n) is 10.6. The monoisotopic (exact) mass is 336 g/mol. The molecule has 126 valence electrons. The molecule has 4 unspecified atom stereocenters. The number of nitrogens with one attached hydrogen (secondary N) is 2. The molecule has 2 fully saturated rings. The molecule has 2 aliphatic heterocycles. The van der Waals surface area contributed by atoms with Crippen LogP contribution < -0.4 is 10.6 Å². The minimum Gasteiger partial charge on any atom is -0.439 e. The second-order valence-corrected chi connectivity index (χ2v) is 4.80. The van der Waals surface area contributed by atoms with Crippen LogP contribution in [0.5, 0.6) is 0 Å². The SMILES string of the molecule is O=C(OC1NC(OC(=O)C(F)(F)F)C2CNCC12)C(F)(F)F. The number of rotatable bonds is 2. The van der Waals surface area contributed by atoms with Crippen molar-refractivity contribution in [3.8, 4) is 0 Å². The molecular weight excluding hydrogens is 326 g/mol. The second kappa shape index (κ2) is 5.57. The Morgan fingerprint density at radius 2 is 1.18 bits per heavy atom. The fourth-order valence-electron chi connectivity index (χ4n) is 2.40. The van der Waals surface area contributed by atoms with Crippen LogP contribution in [0.15, 0.2) is 0 Å². The number of alkyl halides is 6. The van der Waals surface area contributed by atoms with Gasteiger partial charge in [-0.2, -0.15) is 26.3 Å². The van der Waals surface area contributed by atoms with Crippen LogP contribution in [0.4, 0.5) is 26.3 Å². The topological polar surface area (TPSA) is 76.7 Å². The predicted octanol–water partition coefficient (Wildman–Crippen LogP) is 0.288. The average molecular weight is 336 g/mol. The Kier molecular flexibility index (Phi) is 4.26. The van der Waals surface area contributed by atoms with Gasteiger partial charge in [0, 0.05) is 24.9 Å². The van der Waals surface area contributed by atoms with Gasteiger partial charge in [0.2, 0.25) is 0 Å². The molecule has 0 bridgehead atoms. The van der Waals surface area contributed by atoms with E-state index >= 15 is 0 Å². The molecule has 2 N–H and O–H groups in total. The summed E-state index contributed by atoms with van der Waals surface area (Å²) in [5, 5.41) is 4.90. The molecule has 0 amide bonds. The van der Waals surface area contributed by atoms with Crippen LogP contribution in [-0.2, 0) is 19.1 Å². The van der Waals surface area contributed by atoms with E-state index in [4.69, 9.17) is 0 Å². The summed E-state index contributed by atoms with van der Waals surface area (Å²) in [7, 11) is 0. The van der Waals surface area contributed by atoms with Crippen molar-refractivity contribution in [1.29, 1.82) is 0 Å². The van der Waals surface area contributed by atoms with Gasteiger partial charge in [0.05, 0.1) is 0 Å². The number of hydrogen-bond acceptors (Lipinski definition) is 6. The van der Waals surface area contributed by atoms with Crippen LogP contribution in [0.2, 0.25) is 0 Å². The molecule has 2 saturated heterocycles. The minimum atomic E-state index is -5.23. The van der Waals surface area contributed by atoms with Crippen LogP contribution >= 0.6 is 0 Å². The Hall–Kier alpha value is -1.56. The maximum Gasteiger partial charge on any atom is 0.490 e. The molecule has 0 aromatic heterocycles. The first-order valence-corrected chi connectivity index (χ1v) is 6.02. The highest BCUT2D eigenvalue weighted by atomic mass is 19.4. The normalized spacial score (nSPS) is 31.7. The summed E-state index contributed by atoms with van der Waals surface area (Å²) in [6.45, 7) is 0.209. The van der Waals surface area contributed by atoms with E-state index < -0.39 is 48.6 Å². The molecule has 0 spiro atoms. The van der Waals surface area contributed by atoms with E-state index in [1.165, 1.54) is 0 Å². The van der Waals surface area contributed by atoms with Crippen molar-refractivity contribution >= 4 is 11.9 Å². The molecule has 0 aromatic rings. The maximum atomic E-state index is 12.2. The van der Waals surface area contributed by atoms with Gasteiger partial charge >= 0.3 is 24.3 Å². The van der Waals surface area contributed by atoms with Crippen molar-refractivity contribution in [1.82, 2.24) is 10.6 Å². The quantitative estimate of drug-likeness (QED) is 0.558. The van der Waals surface area contributed by atoms with Gasteiger partial charge in [0.15, 0.2) is 12.5 Å². The zero-order valence-corrected chi connectivity index (χ0v) is 10.6. The van der Waals surface area contributed by atoms with Crippen molar-refractivity contribution in [2.75, 3.05) is 13.1 Å². The van der Waals surface area contributed by atoms with Crippen molar-refractivity contribution in [3.63, 3.8) is 0 Å². The third-order valence-corrected chi connectivity index (χ3v) is 3.35. The number of esters is 2. The highest BCUT2D eigenvalue weighted by molar-refractivity contribution is 5.76. The van der Waals surface area contributed by atoms with Crippen LogP contribution in [-0.4, -0.2) is 49.8 Å². The standard InChI is InChI=1S/C10H10F6N2O4/c11-9(12,13)7(19)21-5-3-1-17-2-4(3)6(18-5)22-8(20)10(14,15)16/h3-6,17-18H,1-2H2. The lowest BCUT2D eigenvalue weighted by molar-refractivity contribution is -0.211. The summed E-state index contributed by atoms with van der Waals surface area (Å²) in [6.07, 6.45) is -13.5. The molecule has 2 aliphatic rings. The van der Waals surface area contributed by atoms with E-state index in [1.54, 1.807) is 0 Å². The molecule has 2 heterocycles. The van der Waals surface area contributed by atoms with Crippen LogP contribution in [0.1, 0.15) is 0 Å². The van der Waals surface area contributed by atoms with Crippen LogP contribution in [0.3, 0.4) is 0 Å². The summed E-state index contributed by atoms with van der Waals surface area (Å²) >= 11 is 0. The Bertz CT molecular complexity index is 425. The molecule has 4 atom stereocenters. The van der Waals surface area contributed by atoms with Gasteiger partial charge in [-0.25, -0.2) is 14.9 Å². The lowest BCUT2D eigenvalue weighted by Gasteiger charge is -2.20. The van der Waals surface area contributed by atoms with Crippen LogP contribution in [0, 0.1) is 11.8 Å². The summed E-state index contributed by atoms with van der Waals surface area (Å²) in [4.78, 5) is 21.6. The molecule has 0 aliphatic carbocycles. The van der Waals surface area contributed by atoms with Gasteiger partial charge in [-0.3, -0.25) is 0 Å². The van der Waals surface area contributed by atoms with Crippen molar-refractivity contribution in [3.05, 3.63) is 0 Å². The number of fused-ring (bicyclic) bond motifs is 1. The Morgan fingerprint density at radius 1 is 0.818 bits per heavy atom. The van der Waals surface area contributed by atoms with E-state index in [0.717, 1.165) is 0 Å². The number of halogens is 6. The molecule has 22 heavy (non-hydrogen) atoms. The number of hydrogen-bond donors (Lipinski definition) is 2. The van der Waals surface area contributed by atoms with E-state index in [0.29, 0.717) is 0 Å². The molecule has 0 radical (unpaired) electrons. The summed E-state index contributed by atoms with van der Waals surface area (Å²) in [5.74, 6) is -6.42. The second-order valence-electron chi connectivity index (χ2n) is 4.80. The smallest absolute Gasteiger partial charge is 0.439 e. The molecular formula is C10H10F6N2O4. The van der Waals surface area contributed by atoms with E-state index in [-0.39, 0.29) is 13.1 Å². The average Bonchev–Trinajstić information content (AvgIpc) is 2.92. The first-order chi connectivity index (χ1) is 10.00. The summed E-state index contributed by atoms with van der Waals surface area (Å²) in [6, 6.07) is 0. The zero-order chi connectivity index (χ0) is 16.7. The molecule has 2 rings (SSSR count). The molecule has 12 heteroatoms. The fraction of sp³-hybridized carbons (Fsp3) is 0.800. The predicted molar refractivity (Wildman–Crippen MR) is 54.9 cm³/mol. The van der Waals surface area contributed by atoms with Gasteiger partial charge in [0.1, 0.15) is 0 Å². The summed E-state index contributed by atoms with van der Waals surface area (Å²) < 4.78 is 81.3. The Morgan fingerprint density at radius 3 is 1.50 bits per heavy atom. The van der Waals surface area contributed by atoms with Gasteiger partial charge < -0.3 is 14.8 Å². The van der Waals surface area contributed by atoms with Crippen molar-refractivity contribution in [2.45, 2.75) is 24.8 Å². The highest BCUT2D eigenvalue weighted by Gasteiger charge is 2.53. The van der Waals surface area contributed by atoms with E-state index in [2.05, 4.69) is 20.1 Å². The lowest BCUT2D eigenvalue weighted by atomic mass is 9.98. The first-order valence-electron chi connectivity index (χ1n) is 6.02. The lowest BCUT2D eigenvalue weighted by Crippen LogP contribution is -2.44. The van der Waals surface area contributed by atoms with Gasteiger partial charge in [0.25, 0.3) is 0 Å². The molecule has 6 nitrogen and oxygen atoms in total. The molecule has 0 aromatic carbocycles. The first kappa shape index (κ1) is 16.8. The van der Waals surface area contributed by atoms with E-state index in [9.17, 15) is 35.9 Å². The van der Waals surface area contributed by atoms with Crippen molar-refractivity contribution in [2.24, 2.45) is 11.8 Å².